The third kappa shape index (κ3) is 2.95. The molecule has 1 aliphatic rings. The van der Waals surface area contributed by atoms with Crippen LogP contribution in [-0.2, 0) is 4.74 Å². The van der Waals surface area contributed by atoms with Crippen LogP contribution < -0.4 is 5.32 Å². The molecule has 3 aromatic rings. The number of hydrogen-bond acceptors (Lipinski definition) is 3. The number of carbonyl (C=O) groups excluding carboxylic acids is 1. The van der Waals surface area contributed by atoms with Gasteiger partial charge in [0.2, 0.25) is 0 Å². The maximum Gasteiger partial charge on any atom is 0.256 e. The Kier molecular flexibility index (Phi) is 4.08. The van der Waals surface area contributed by atoms with E-state index in [9.17, 15) is 4.79 Å². The number of ether oxygens (including phenoxy) is 1. The van der Waals surface area contributed by atoms with Crippen molar-refractivity contribution in [1.29, 1.82) is 0 Å². The number of imidazole rings is 1. The summed E-state index contributed by atoms with van der Waals surface area (Å²) in [7, 11) is 0. The van der Waals surface area contributed by atoms with Gasteiger partial charge in [-0.1, -0.05) is 12.1 Å². The predicted octanol–water partition coefficient (Wildman–Crippen LogP) is 4.43. The van der Waals surface area contributed by atoms with Gasteiger partial charge in [-0.05, 0) is 59.1 Å². The van der Waals surface area contributed by atoms with Gasteiger partial charge in [-0.2, -0.15) is 0 Å². The summed E-state index contributed by atoms with van der Waals surface area (Å²) in [4.78, 5) is 20.3. The number of rotatable bonds is 3. The third-order valence-corrected chi connectivity index (χ3v) is 4.80. The summed E-state index contributed by atoms with van der Waals surface area (Å²) in [6.07, 6.45) is 2.11. The van der Waals surface area contributed by atoms with Crippen LogP contribution in [0.15, 0.2) is 46.9 Å². The number of aromatic amines is 1. The van der Waals surface area contributed by atoms with E-state index in [1.54, 1.807) is 6.07 Å². The maximum absolute atomic E-state index is 12.4. The lowest BCUT2D eigenvalue weighted by atomic mass is 10.2. The fraction of sp³-hybridized carbons (Fsp3) is 0.222. The van der Waals surface area contributed by atoms with Crippen molar-refractivity contribution in [3.05, 3.63) is 58.3 Å². The van der Waals surface area contributed by atoms with Gasteiger partial charge in [-0.15, -0.1) is 0 Å². The van der Waals surface area contributed by atoms with E-state index in [0.717, 1.165) is 46.5 Å². The summed E-state index contributed by atoms with van der Waals surface area (Å²) in [5.74, 6) is 0.706. The van der Waals surface area contributed by atoms with Crippen molar-refractivity contribution in [2.75, 3.05) is 11.9 Å². The summed E-state index contributed by atoms with van der Waals surface area (Å²) in [5, 5.41) is 2.92. The van der Waals surface area contributed by atoms with Crippen molar-refractivity contribution in [2.24, 2.45) is 0 Å². The molecule has 1 fully saturated rings. The molecule has 2 aromatic carbocycles. The summed E-state index contributed by atoms with van der Waals surface area (Å²) in [6.45, 7) is 0.787. The zero-order valence-corrected chi connectivity index (χ0v) is 14.5. The molecule has 0 bridgehead atoms. The van der Waals surface area contributed by atoms with Crippen molar-refractivity contribution in [3.8, 4) is 0 Å². The predicted molar refractivity (Wildman–Crippen MR) is 96.1 cm³/mol. The summed E-state index contributed by atoms with van der Waals surface area (Å²) in [5.41, 5.74) is 3.10. The van der Waals surface area contributed by atoms with Gasteiger partial charge >= 0.3 is 0 Å². The summed E-state index contributed by atoms with van der Waals surface area (Å²) >= 11 is 3.40. The molecule has 122 valence electrons. The normalized spacial score (nSPS) is 17.3. The minimum atomic E-state index is -0.152. The van der Waals surface area contributed by atoms with Crippen LogP contribution in [0, 0.1) is 0 Å². The zero-order chi connectivity index (χ0) is 16.5. The van der Waals surface area contributed by atoms with E-state index in [4.69, 9.17) is 4.74 Å². The molecule has 1 amide bonds. The van der Waals surface area contributed by atoms with Crippen LogP contribution in [0.2, 0.25) is 0 Å². The molecule has 4 rings (SSSR count). The average molecular weight is 386 g/mol. The Labute approximate surface area is 147 Å². The molecule has 0 spiro atoms. The van der Waals surface area contributed by atoms with Crippen LogP contribution in [-0.4, -0.2) is 22.5 Å². The molecular weight excluding hydrogens is 370 g/mol. The van der Waals surface area contributed by atoms with Crippen LogP contribution in [0.5, 0.6) is 0 Å². The first-order valence-electron chi connectivity index (χ1n) is 7.88. The fourth-order valence-electron chi connectivity index (χ4n) is 2.90. The number of aromatic nitrogens is 2. The molecule has 2 N–H and O–H groups in total. The molecule has 5 nitrogen and oxygen atoms in total. The molecule has 0 saturated carbocycles. The van der Waals surface area contributed by atoms with Gasteiger partial charge in [0.05, 0.1) is 16.6 Å². The van der Waals surface area contributed by atoms with Crippen molar-refractivity contribution < 1.29 is 9.53 Å². The smallest absolute Gasteiger partial charge is 0.256 e. The van der Waals surface area contributed by atoms with Crippen molar-refractivity contribution in [2.45, 2.75) is 18.9 Å². The number of anilines is 1. The number of nitrogens with one attached hydrogen (secondary N) is 2. The van der Waals surface area contributed by atoms with E-state index in [1.165, 1.54) is 0 Å². The van der Waals surface area contributed by atoms with E-state index in [0.29, 0.717) is 5.56 Å². The van der Waals surface area contributed by atoms with Crippen molar-refractivity contribution in [1.82, 2.24) is 9.97 Å². The Morgan fingerprint density at radius 3 is 2.96 bits per heavy atom. The van der Waals surface area contributed by atoms with Crippen molar-refractivity contribution >= 4 is 38.6 Å². The molecule has 24 heavy (non-hydrogen) atoms. The lowest BCUT2D eigenvalue weighted by molar-refractivity contribution is 0.102. The monoisotopic (exact) mass is 385 g/mol. The molecule has 1 saturated heterocycles. The molecule has 1 aliphatic heterocycles. The highest BCUT2D eigenvalue weighted by Crippen LogP contribution is 2.29. The standard InChI is InChI=1S/C18H16BrN3O2/c19-13-5-2-1-4-12(13)18(23)20-11-7-8-14-15(10-11)22-17(21-14)16-6-3-9-24-16/h1-2,4-5,7-8,10,16H,3,6,9H2,(H,20,23)(H,21,22)/t16-/m0/s1. The molecule has 1 aromatic heterocycles. The molecule has 0 unspecified atom stereocenters. The van der Waals surface area contributed by atoms with Gasteiger partial charge < -0.3 is 15.0 Å². The number of amides is 1. The van der Waals surface area contributed by atoms with Gasteiger partial charge in [0.25, 0.3) is 5.91 Å². The Morgan fingerprint density at radius 2 is 2.17 bits per heavy atom. The maximum atomic E-state index is 12.4. The SMILES string of the molecule is O=C(Nc1ccc2nc([C@@H]3CCCO3)[nH]c2c1)c1ccccc1Br. The van der Waals surface area contributed by atoms with Gasteiger partial charge in [0, 0.05) is 16.8 Å². The third-order valence-electron chi connectivity index (χ3n) is 4.11. The number of fused-ring (bicyclic) bond motifs is 1. The van der Waals surface area contributed by atoms with E-state index in [-0.39, 0.29) is 12.0 Å². The lowest BCUT2D eigenvalue weighted by Crippen LogP contribution is -2.12. The summed E-state index contributed by atoms with van der Waals surface area (Å²) < 4.78 is 6.43. The van der Waals surface area contributed by atoms with Crippen LogP contribution in [0.1, 0.15) is 35.1 Å². The second kappa shape index (κ2) is 6.37. The molecule has 0 aliphatic carbocycles. The average Bonchev–Trinajstić information content (AvgIpc) is 3.24. The van der Waals surface area contributed by atoms with Crippen molar-refractivity contribution in [3.63, 3.8) is 0 Å². The molecule has 2 heterocycles. The quantitative estimate of drug-likeness (QED) is 0.700. The van der Waals surface area contributed by atoms with E-state index in [2.05, 4.69) is 31.2 Å². The van der Waals surface area contributed by atoms with E-state index < -0.39 is 0 Å². The molecular formula is C18H16BrN3O2. The summed E-state index contributed by atoms with van der Waals surface area (Å²) in [6, 6.07) is 13.0. The lowest BCUT2D eigenvalue weighted by Gasteiger charge is -2.06. The topological polar surface area (TPSA) is 67.0 Å². The Bertz CT molecular complexity index is 900. The first kappa shape index (κ1) is 15.4. The molecule has 0 radical (unpaired) electrons. The number of hydrogen-bond donors (Lipinski definition) is 2. The number of carbonyl (C=O) groups is 1. The van der Waals surface area contributed by atoms with Gasteiger partial charge in [-0.25, -0.2) is 4.98 Å². The van der Waals surface area contributed by atoms with Crippen LogP contribution in [0.3, 0.4) is 0 Å². The Morgan fingerprint density at radius 1 is 1.29 bits per heavy atom. The van der Waals surface area contributed by atoms with Gasteiger partial charge in [0.1, 0.15) is 11.9 Å². The number of benzene rings is 2. The fourth-order valence-corrected chi connectivity index (χ4v) is 3.36. The highest BCUT2D eigenvalue weighted by molar-refractivity contribution is 9.10. The number of halogens is 1. The Hall–Kier alpha value is -2.18. The first-order chi connectivity index (χ1) is 11.7. The van der Waals surface area contributed by atoms with Crippen LogP contribution in [0.25, 0.3) is 11.0 Å². The highest BCUT2D eigenvalue weighted by atomic mass is 79.9. The number of H-pyrrole nitrogens is 1. The van der Waals surface area contributed by atoms with Gasteiger partial charge in [0.15, 0.2) is 0 Å². The molecule has 6 heteroatoms. The first-order valence-corrected chi connectivity index (χ1v) is 8.67. The van der Waals surface area contributed by atoms with Crippen LogP contribution >= 0.6 is 15.9 Å². The largest absolute Gasteiger partial charge is 0.370 e. The van der Waals surface area contributed by atoms with E-state index in [1.807, 2.05) is 36.4 Å². The minimum absolute atomic E-state index is 0.0516. The van der Waals surface area contributed by atoms with Crippen LogP contribution in [0.4, 0.5) is 5.69 Å². The Balaban J connectivity index is 1.58. The highest BCUT2D eigenvalue weighted by Gasteiger charge is 2.21. The number of nitrogens with zero attached hydrogens (tertiary/aromatic N) is 1. The molecule has 1 atom stereocenters. The zero-order valence-electron chi connectivity index (χ0n) is 12.9. The van der Waals surface area contributed by atoms with Gasteiger partial charge in [-0.3, -0.25) is 4.79 Å². The second-order valence-electron chi connectivity index (χ2n) is 5.79. The minimum Gasteiger partial charge on any atom is -0.370 e. The second-order valence-corrected chi connectivity index (χ2v) is 6.64. The van der Waals surface area contributed by atoms with E-state index >= 15 is 0 Å².